The number of rotatable bonds is 3. The Morgan fingerprint density at radius 3 is 2.56 bits per heavy atom. The van der Waals surface area contributed by atoms with E-state index >= 15 is 4.39 Å². The fraction of sp³-hybridized carbons (Fsp3) is 0.522. The zero-order chi connectivity index (χ0) is 19.1. The Hall–Kier alpha value is -1.97. The summed E-state index contributed by atoms with van der Waals surface area (Å²) in [6.07, 6.45) is 8.25. The fourth-order valence-electron chi connectivity index (χ4n) is 5.45. The number of fused-ring (bicyclic) bond motifs is 2. The Kier molecular flexibility index (Phi) is 4.92. The van der Waals surface area contributed by atoms with E-state index in [4.69, 9.17) is 5.11 Å². The second-order valence-electron chi connectivity index (χ2n) is 8.44. The lowest BCUT2D eigenvalue weighted by molar-refractivity contribution is 0.0692. The zero-order valence-corrected chi connectivity index (χ0v) is 15.7. The van der Waals surface area contributed by atoms with Crippen LogP contribution in [0.2, 0.25) is 0 Å². The first-order valence-electron chi connectivity index (χ1n) is 10.1. The van der Waals surface area contributed by atoms with E-state index in [1.165, 1.54) is 31.7 Å². The summed E-state index contributed by atoms with van der Waals surface area (Å²) in [5.41, 5.74) is 0.254. The summed E-state index contributed by atoms with van der Waals surface area (Å²) in [4.78, 5) is 11.1. The van der Waals surface area contributed by atoms with Gasteiger partial charge in [0.15, 0.2) is 0 Å². The molecule has 0 aliphatic heterocycles. The quantitative estimate of drug-likeness (QED) is 0.665. The summed E-state index contributed by atoms with van der Waals surface area (Å²) in [7, 11) is 0. The van der Waals surface area contributed by atoms with E-state index in [2.05, 4.69) is 6.92 Å². The van der Waals surface area contributed by atoms with Crippen LogP contribution in [-0.2, 0) is 0 Å². The summed E-state index contributed by atoms with van der Waals surface area (Å²) in [5.74, 6) is -0.115. The molecular weight excluding hydrogens is 346 g/mol. The fourth-order valence-corrected chi connectivity index (χ4v) is 5.45. The lowest BCUT2D eigenvalue weighted by Crippen LogP contribution is -2.30. The van der Waals surface area contributed by atoms with Gasteiger partial charge >= 0.3 is 5.97 Å². The van der Waals surface area contributed by atoms with Crippen LogP contribution < -0.4 is 0 Å². The van der Waals surface area contributed by atoms with Crippen molar-refractivity contribution in [3.05, 3.63) is 47.0 Å². The highest BCUT2D eigenvalue weighted by Crippen LogP contribution is 2.48. The summed E-state index contributed by atoms with van der Waals surface area (Å²) < 4.78 is 29.3. The maximum absolute atomic E-state index is 15.2. The van der Waals surface area contributed by atoms with Crippen LogP contribution >= 0.6 is 0 Å². The van der Waals surface area contributed by atoms with Crippen LogP contribution in [0, 0.1) is 29.4 Å². The maximum Gasteiger partial charge on any atom is 0.338 e. The van der Waals surface area contributed by atoms with E-state index in [-0.39, 0.29) is 17.1 Å². The summed E-state index contributed by atoms with van der Waals surface area (Å²) >= 11 is 0. The highest BCUT2D eigenvalue weighted by molar-refractivity contribution is 5.95. The van der Waals surface area contributed by atoms with E-state index in [1.807, 2.05) is 0 Å². The van der Waals surface area contributed by atoms with Crippen molar-refractivity contribution in [2.45, 2.75) is 57.8 Å². The highest BCUT2D eigenvalue weighted by Gasteiger charge is 2.36. The predicted octanol–water partition coefficient (Wildman–Crippen LogP) is 6.53. The van der Waals surface area contributed by atoms with Crippen molar-refractivity contribution in [2.75, 3.05) is 0 Å². The third-order valence-electron chi connectivity index (χ3n) is 7.04. The molecule has 0 aromatic heterocycles. The van der Waals surface area contributed by atoms with Crippen molar-refractivity contribution in [1.29, 1.82) is 0 Å². The minimum absolute atomic E-state index is 0.177. The van der Waals surface area contributed by atoms with E-state index in [9.17, 15) is 9.18 Å². The Balaban J connectivity index is 1.62. The molecule has 2 aromatic rings. The third kappa shape index (κ3) is 3.35. The van der Waals surface area contributed by atoms with Gasteiger partial charge in [-0.15, -0.1) is 0 Å². The smallest absolute Gasteiger partial charge is 0.338 e. The van der Waals surface area contributed by atoms with E-state index in [0.29, 0.717) is 16.9 Å². The van der Waals surface area contributed by atoms with Gasteiger partial charge in [0.1, 0.15) is 11.6 Å². The molecule has 4 unspecified atom stereocenters. The van der Waals surface area contributed by atoms with E-state index < -0.39 is 17.3 Å². The average molecular weight is 372 g/mol. The molecule has 2 saturated carbocycles. The SMILES string of the molecule is CCC1CCC2CC(c3ccc4cc(C(=O)O)c(F)cc4c3F)CCC2C1. The van der Waals surface area contributed by atoms with Crippen LogP contribution in [-0.4, -0.2) is 11.1 Å². The van der Waals surface area contributed by atoms with Gasteiger partial charge < -0.3 is 5.11 Å². The van der Waals surface area contributed by atoms with Crippen molar-refractivity contribution < 1.29 is 18.7 Å². The number of carboxylic acids is 1. The minimum Gasteiger partial charge on any atom is -0.478 e. The number of aromatic carboxylic acids is 1. The molecule has 2 fully saturated rings. The molecular formula is C23H26F2O2. The molecule has 2 aliphatic rings. The lowest BCUT2D eigenvalue weighted by atomic mass is 9.63. The molecule has 0 amide bonds. The zero-order valence-electron chi connectivity index (χ0n) is 15.7. The van der Waals surface area contributed by atoms with Crippen molar-refractivity contribution >= 4 is 16.7 Å². The van der Waals surface area contributed by atoms with Crippen LogP contribution in [0.5, 0.6) is 0 Å². The summed E-state index contributed by atoms with van der Waals surface area (Å²) in [5, 5.41) is 9.69. The van der Waals surface area contributed by atoms with Gasteiger partial charge in [-0.3, -0.25) is 0 Å². The maximum atomic E-state index is 15.2. The van der Waals surface area contributed by atoms with Gasteiger partial charge in [-0.05, 0) is 78.9 Å². The van der Waals surface area contributed by atoms with Crippen LogP contribution in [0.3, 0.4) is 0 Å². The Bertz CT molecular complexity index is 876. The van der Waals surface area contributed by atoms with Crippen LogP contribution in [0.4, 0.5) is 8.78 Å². The third-order valence-corrected chi connectivity index (χ3v) is 7.04. The second-order valence-corrected chi connectivity index (χ2v) is 8.44. The molecule has 4 rings (SSSR count). The molecule has 0 saturated heterocycles. The van der Waals surface area contributed by atoms with Crippen LogP contribution in [0.25, 0.3) is 10.8 Å². The number of carbonyl (C=O) groups is 1. The van der Waals surface area contributed by atoms with Crippen LogP contribution in [0.1, 0.15) is 73.7 Å². The summed E-state index contributed by atoms with van der Waals surface area (Å²) in [6.45, 7) is 2.27. The standard InChI is InChI=1S/C23H26F2O2/c1-2-13-3-4-15-10-16(6-5-14(15)9-13)18-8-7-17-11-20(23(26)27)21(24)12-19(17)22(18)25/h7-8,11-16H,2-6,9-10H2,1H3,(H,26,27). The van der Waals surface area contributed by atoms with E-state index in [1.54, 1.807) is 12.1 Å². The first-order chi connectivity index (χ1) is 13.0. The van der Waals surface area contributed by atoms with Crippen molar-refractivity contribution in [2.24, 2.45) is 17.8 Å². The van der Waals surface area contributed by atoms with Crippen molar-refractivity contribution in [1.82, 2.24) is 0 Å². The van der Waals surface area contributed by atoms with Gasteiger partial charge in [0.05, 0.1) is 5.56 Å². The summed E-state index contributed by atoms with van der Waals surface area (Å²) in [6, 6.07) is 5.78. The topological polar surface area (TPSA) is 37.3 Å². The molecule has 1 N–H and O–H groups in total. The number of halogens is 2. The molecule has 2 nitrogen and oxygen atoms in total. The van der Waals surface area contributed by atoms with E-state index in [0.717, 1.165) is 37.2 Å². The molecule has 27 heavy (non-hydrogen) atoms. The van der Waals surface area contributed by atoms with Gasteiger partial charge in [-0.1, -0.05) is 31.9 Å². The lowest BCUT2D eigenvalue weighted by Gasteiger charge is -2.42. The van der Waals surface area contributed by atoms with Gasteiger partial charge in [-0.2, -0.15) is 0 Å². The number of carboxylic acid groups (broad SMARTS) is 1. The largest absolute Gasteiger partial charge is 0.478 e. The van der Waals surface area contributed by atoms with Gasteiger partial charge in [0, 0.05) is 5.39 Å². The van der Waals surface area contributed by atoms with Gasteiger partial charge in [-0.25, -0.2) is 13.6 Å². The molecule has 144 valence electrons. The molecule has 4 atom stereocenters. The Labute approximate surface area is 158 Å². The van der Waals surface area contributed by atoms with Crippen molar-refractivity contribution in [3.8, 4) is 0 Å². The van der Waals surface area contributed by atoms with Crippen LogP contribution in [0.15, 0.2) is 24.3 Å². The molecule has 4 heteroatoms. The Morgan fingerprint density at radius 2 is 1.81 bits per heavy atom. The molecule has 0 bridgehead atoms. The number of hydrogen-bond donors (Lipinski definition) is 1. The van der Waals surface area contributed by atoms with Gasteiger partial charge in [0.25, 0.3) is 0 Å². The van der Waals surface area contributed by atoms with Gasteiger partial charge in [0.2, 0.25) is 0 Å². The highest BCUT2D eigenvalue weighted by atomic mass is 19.1. The predicted molar refractivity (Wildman–Crippen MR) is 102 cm³/mol. The van der Waals surface area contributed by atoms with Crippen molar-refractivity contribution in [3.63, 3.8) is 0 Å². The number of hydrogen-bond acceptors (Lipinski definition) is 1. The average Bonchev–Trinajstić information content (AvgIpc) is 2.67. The number of benzene rings is 2. The normalized spacial score (nSPS) is 28.1. The minimum atomic E-state index is -1.33. The first kappa shape index (κ1) is 18.4. The molecule has 0 heterocycles. The molecule has 2 aromatic carbocycles. The first-order valence-corrected chi connectivity index (χ1v) is 10.1. The molecule has 2 aliphatic carbocycles. The Morgan fingerprint density at radius 1 is 1.07 bits per heavy atom. The second kappa shape index (κ2) is 7.21. The monoisotopic (exact) mass is 372 g/mol. The molecule has 0 spiro atoms. The molecule has 0 radical (unpaired) electrons.